The van der Waals surface area contributed by atoms with Crippen LogP contribution in [0.4, 0.5) is 0 Å². The van der Waals surface area contributed by atoms with Gasteiger partial charge in [0.05, 0.1) is 12.2 Å². The van der Waals surface area contributed by atoms with Crippen LogP contribution in [-0.4, -0.2) is 18.0 Å². The fourth-order valence-electron chi connectivity index (χ4n) is 7.63. The van der Waals surface area contributed by atoms with Gasteiger partial charge in [0.2, 0.25) is 0 Å². The van der Waals surface area contributed by atoms with Crippen molar-refractivity contribution < 1.29 is 9.53 Å². The van der Waals surface area contributed by atoms with Crippen molar-refractivity contribution in [3.05, 3.63) is 0 Å². The van der Waals surface area contributed by atoms with Gasteiger partial charge in [-0.15, -0.1) is 0 Å². The number of fused-ring (bicyclic) bond motifs is 4. The maximum absolute atomic E-state index is 12.4. The van der Waals surface area contributed by atoms with Crippen LogP contribution in [0.15, 0.2) is 0 Å². The summed E-state index contributed by atoms with van der Waals surface area (Å²) in [6.07, 6.45) is 10.8. The molecule has 6 aliphatic rings. The van der Waals surface area contributed by atoms with E-state index in [2.05, 4.69) is 13.8 Å². The van der Waals surface area contributed by atoms with Crippen molar-refractivity contribution >= 4 is 5.78 Å². The Morgan fingerprint density at radius 3 is 2.71 bits per heavy atom. The van der Waals surface area contributed by atoms with E-state index in [1.807, 2.05) is 0 Å². The molecule has 2 heterocycles. The van der Waals surface area contributed by atoms with Gasteiger partial charge < -0.3 is 4.74 Å². The topological polar surface area (TPSA) is 26.3 Å². The summed E-state index contributed by atoms with van der Waals surface area (Å²) in [4.78, 5) is 12.4. The molecule has 4 aliphatic carbocycles. The average Bonchev–Trinajstić information content (AvgIpc) is 2.75. The second-order valence-electron chi connectivity index (χ2n) is 9.22. The summed E-state index contributed by atoms with van der Waals surface area (Å²) in [5.41, 5.74) is 0.532. The SMILES string of the molecule is C[C@]12CC3CCC1C(C[C@@H]1[C@H]2CC[C@]2(C)C(=O)CC[C@@H]12)O3. The molecule has 2 aliphatic heterocycles. The first kappa shape index (κ1) is 13.1. The van der Waals surface area contributed by atoms with Gasteiger partial charge in [0, 0.05) is 11.8 Å². The van der Waals surface area contributed by atoms with Gasteiger partial charge in [-0.1, -0.05) is 13.8 Å². The average molecular weight is 288 g/mol. The van der Waals surface area contributed by atoms with Crippen LogP contribution in [0.25, 0.3) is 0 Å². The van der Waals surface area contributed by atoms with E-state index < -0.39 is 0 Å². The molecule has 2 heteroatoms. The first-order valence-corrected chi connectivity index (χ1v) is 9.21. The molecule has 6 rings (SSSR count). The van der Waals surface area contributed by atoms with Crippen molar-refractivity contribution in [1.82, 2.24) is 0 Å². The van der Waals surface area contributed by atoms with Gasteiger partial charge in [-0.3, -0.25) is 4.79 Å². The second kappa shape index (κ2) is 3.93. The maximum Gasteiger partial charge on any atom is 0.139 e. The molecule has 4 saturated carbocycles. The molecule has 2 nitrogen and oxygen atoms in total. The summed E-state index contributed by atoms with van der Waals surface area (Å²) in [6, 6.07) is 0. The normalized spacial score (nSPS) is 61.5. The second-order valence-corrected chi connectivity index (χ2v) is 9.22. The van der Waals surface area contributed by atoms with Crippen LogP contribution in [0.1, 0.15) is 65.2 Å². The molecule has 21 heavy (non-hydrogen) atoms. The molecule has 4 bridgehead atoms. The Kier molecular flexibility index (Phi) is 2.45. The molecule has 2 saturated heterocycles. The molecule has 0 aromatic rings. The summed E-state index contributed by atoms with van der Waals surface area (Å²) in [7, 11) is 0. The third kappa shape index (κ3) is 1.46. The molecule has 0 spiro atoms. The first-order chi connectivity index (χ1) is 10.0. The smallest absolute Gasteiger partial charge is 0.139 e. The van der Waals surface area contributed by atoms with Gasteiger partial charge >= 0.3 is 0 Å². The minimum atomic E-state index is 0.0161. The van der Waals surface area contributed by atoms with E-state index >= 15 is 0 Å². The Hall–Kier alpha value is -0.370. The van der Waals surface area contributed by atoms with E-state index in [0.29, 0.717) is 29.3 Å². The summed E-state index contributed by atoms with van der Waals surface area (Å²) < 4.78 is 6.39. The number of rotatable bonds is 0. The lowest BCUT2D eigenvalue weighted by atomic mass is 9.43. The van der Waals surface area contributed by atoms with Crippen LogP contribution < -0.4 is 0 Å². The van der Waals surface area contributed by atoms with Crippen LogP contribution in [0.2, 0.25) is 0 Å². The number of hydrogen-bond donors (Lipinski definition) is 0. The van der Waals surface area contributed by atoms with E-state index in [4.69, 9.17) is 4.74 Å². The summed E-state index contributed by atoms with van der Waals surface area (Å²) in [5.74, 6) is 3.67. The predicted molar refractivity (Wildman–Crippen MR) is 80.8 cm³/mol. The molecule has 6 fully saturated rings. The van der Waals surface area contributed by atoms with Crippen LogP contribution in [0.3, 0.4) is 0 Å². The highest BCUT2D eigenvalue weighted by atomic mass is 16.5. The Morgan fingerprint density at radius 2 is 1.90 bits per heavy atom. The first-order valence-electron chi connectivity index (χ1n) is 9.21. The maximum atomic E-state index is 12.4. The molecule has 0 aromatic heterocycles. The Bertz CT molecular complexity index is 500. The summed E-state index contributed by atoms with van der Waals surface area (Å²) >= 11 is 0. The van der Waals surface area contributed by atoms with Crippen molar-refractivity contribution in [2.75, 3.05) is 0 Å². The minimum Gasteiger partial charge on any atom is -0.375 e. The summed E-state index contributed by atoms with van der Waals surface area (Å²) in [6.45, 7) is 4.86. The Morgan fingerprint density at radius 1 is 1.05 bits per heavy atom. The zero-order valence-electron chi connectivity index (χ0n) is 13.4. The zero-order valence-corrected chi connectivity index (χ0v) is 13.4. The van der Waals surface area contributed by atoms with Crippen molar-refractivity contribution in [3.63, 3.8) is 0 Å². The van der Waals surface area contributed by atoms with Crippen LogP contribution in [-0.2, 0) is 9.53 Å². The highest BCUT2D eigenvalue weighted by Gasteiger charge is 2.64. The van der Waals surface area contributed by atoms with Gasteiger partial charge in [-0.25, -0.2) is 0 Å². The molecular weight excluding hydrogens is 260 g/mol. The van der Waals surface area contributed by atoms with Crippen LogP contribution in [0.5, 0.6) is 0 Å². The lowest BCUT2D eigenvalue weighted by Gasteiger charge is -2.65. The Balaban J connectivity index is 1.54. The zero-order chi connectivity index (χ0) is 14.4. The van der Waals surface area contributed by atoms with Crippen molar-refractivity contribution in [2.24, 2.45) is 34.5 Å². The number of ketones is 1. The third-order valence-electron chi connectivity index (χ3n) is 8.63. The molecule has 0 N–H and O–H groups in total. The molecule has 8 atom stereocenters. The molecule has 3 unspecified atom stereocenters. The minimum absolute atomic E-state index is 0.0161. The van der Waals surface area contributed by atoms with Gasteiger partial charge in [0.15, 0.2) is 0 Å². The van der Waals surface area contributed by atoms with Crippen molar-refractivity contribution in [3.8, 4) is 0 Å². The number of Topliss-reactive ketones (excluding diaryl/α,β-unsaturated/α-hetero) is 1. The highest BCUT2D eigenvalue weighted by Crippen LogP contribution is 2.67. The van der Waals surface area contributed by atoms with E-state index in [0.717, 1.165) is 37.0 Å². The van der Waals surface area contributed by atoms with Crippen molar-refractivity contribution in [1.29, 1.82) is 0 Å². The van der Waals surface area contributed by atoms with E-state index in [9.17, 15) is 4.79 Å². The quantitative estimate of drug-likeness (QED) is 0.674. The molecule has 0 aromatic carbocycles. The monoisotopic (exact) mass is 288 g/mol. The Labute approximate surface area is 128 Å². The molecular formula is C19H28O2. The number of ether oxygens (including phenoxy) is 1. The van der Waals surface area contributed by atoms with Crippen LogP contribution in [0, 0.1) is 34.5 Å². The molecule has 0 amide bonds. The van der Waals surface area contributed by atoms with E-state index in [1.165, 1.54) is 32.1 Å². The van der Waals surface area contributed by atoms with Crippen molar-refractivity contribution in [2.45, 2.75) is 77.4 Å². The standard InChI is InChI=1S/C19H28O2/c1-18-8-7-14-12(13(18)5-6-17(18)20)9-16-15-4-3-11(21-16)10-19(14,15)2/h11-16H,3-10H2,1-2H3/t11?,12-,13-,14+,15?,16?,18-,19+/m0/s1. The van der Waals surface area contributed by atoms with Gasteiger partial charge in [-0.2, -0.15) is 0 Å². The highest BCUT2D eigenvalue weighted by molar-refractivity contribution is 5.87. The number of carbonyl (C=O) groups excluding carboxylic acids is 1. The molecule has 116 valence electrons. The fraction of sp³-hybridized carbons (Fsp3) is 0.947. The van der Waals surface area contributed by atoms with Gasteiger partial charge in [0.25, 0.3) is 0 Å². The lowest BCUT2D eigenvalue weighted by molar-refractivity contribution is -0.252. The predicted octanol–water partition coefficient (Wildman–Crippen LogP) is 3.98. The van der Waals surface area contributed by atoms with E-state index in [1.54, 1.807) is 0 Å². The third-order valence-corrected chi connectivity index (χ3v) is 8.63. The lowest BCUT2D eigenvalue weighted by Crippen LogP contribution is -2.63. The number of carbonyl (C=O) groups is 1. The number of hydrogen-bond acceptors (Lipinski definition) is 2. The summed E-state index contributed by atoms with van der Waals surface area (Å²) in [5, 5.41) is 0. The van der Waals surface area contributed by atoms with Crippen LogP contribution >= 0.6 is 0 Å². The largest absolute Gasteiger partial charge is 0.375 e. The molecule has 0 radical (unpaired) electrons. The van der Waals surface area contributed by atoms with E-state index in [-0.39, 0.29) is 5.41 Å². The van der Waals surface area contributed by atoms with Gasteiger partial charge in [0.1, 0.15) is 5.78 Å². The fourth-order valence-corrected chi connectivity index (χ4v) is 7.63. The van der Waals surface area contributed by atoms with Gasteiger partial charge in [-0.05, 0) is 74.0 Å².